The monoisotopic (exact) mass is 221 g/mol. The first-order valence-corrected chi connectivity index (χ1v) is 5.87. The summed E-state index contributed by atoms with van der Waals surface area (Å²) >= 11 is 0. The van der Waals surface area contributed by atoms with Gasteiger partial charge in [0.05, 0.1) is 6.10 Å². The maximum Gasteiger partial charge on any atom is 0.124 e. The molecule has 0 aliphatic heterocycles. The van der Waals surface area contributed by atoms with Crippen LogP contribution in [0.4, 0.5) is 0 Å². The molecule has 3 N–H and O–H groups in total. The third-order valence-corrected chi connectivity index (χ3v) is 3.09. The molecule has 1 aromatic carbocycles. The van der Waals surface area contributed by atoms with Crippen LogP contribution in [0.5, 0.6) is 5.75 Å². The van der Waals surface area contributed by atoms with E-state index in [1.165, 1.54) is 0 Å². The average molecular weight is 221 g/mol. The highest BCUT2D eigenvalue weighted by Gasteiger charge is 2.26. The second-order valence-corrected chi connectivity index (χ2v) is 4.52. The Labute approximate surface area is 96.2 Å². The van der Waals surface area contributed by atoms with E-state index in [-0.39, 0.29) is 18.2 Å². The maximum absolute atomic E-state index is 9.68. The second kappa shape index (κ2) is 4.85. The summed E-state index contributed by atoms with van der Waals surface area (Å²) in [6.07, 6.45) is 2.45. The van der Waals surface area contributed by atoms with Gasteiger partial charge < -0.3 is 15.6 Å². The minimum Gasteiger partial charge on any atom is -0.488 e. The van der Waals surface area contributed by atoms with Gasteiger partial charge in [-0.1, -0.05) is 12.1 Å². The Hall–Kier alpha value is -1.06. The lowest BCUT2D eigenvalue weighted by Gasteiger charge is -2.18. The summed E-state index contributed by atoms with van der Waals surface area (Å²) in [5, 5.41) is 9.68. The molecule has 2 rings (SSSR count). The molecule has 1 saturated carbocycles. The van der Waals surface area contributed by atoms with Gasteiger partial charge >= 0.3 is 0 Å². The minimum atomic E-state index is -0.320. The standard InChI is InChI=1S/C13H19NO2/c1-9(14)10-4-2-5-11(8-10)16-13-7-3-6-12(13)15/h2,4-5,8-9,12-13,15H,3,6-7,14H2,1H3. The van der Waals surface area contributed by atoms with Crippen LogP contribution in [0.3, 0.4) is 0 Å². The summed E-state index contributed by atoms with van der Waals surface area (Å²) < 4.78 is 5.77. The Kier molecular flexibility index (Phi) is 3.46. The van der Waals surface area contributed by atoms with Crippen LogP contribution < -0.4 is 10.5 Å². The fourth-order valence-corrected chi connectivity index (χ4v) is 2.09. The third kappa shape index (κ3) is 2.54. The molecular weight excluding hydrogens is 202 g/mol. The van der Waals surface area contributed by atoms with Gasteiger partial charge in [0.15, 0.2) is 0 Å². The average Bonchev–Trinajstić information content (AvgIpc) is 2.65. The number of hydrogen-bond acceptors (Lipinski definition) is 3. The van der Waals surface area contributed by atoms with E-state index in [2.05, 4.69) is 0 Å². The third-order valence-electron chi connectivity index (χ3n) is 3.09. The SMILES string of the molecule is CC(N)c1cccc(OC2CCCC2O)c1. The Morgan fingerprint density at radius 1 is 1.44 bits per heavy atom. The van der Waals surface area contributed by atoms with Crippen molar-refractivity contribution in [1.29, 1.82) is 0 Å². The minimum absolute atomic E-state index is 0.0112. The van der Waals surface area contributed by atoms with Gasteiger partial charge in [0.1, 0.15) is 11.9 Å². The van der Waals surface area contributed by atoms with Gasteiger partial charge in [-0.15, -0.1) is 0 Å². The molecule has 3 nitrogen and oxygen atoms in total. The first-order valence-electron chi connectivity index (χ1n) is 5.87. The fourth-order valence-electron chi connectivity index (χ4n) is 2.09. The second-order valence-electron chi connectivity index (χ2n) is 4.52. The van der Waals surface area contributed by atoms with E-state index in [4.69, 9.17) is 10.5 Å². The molecule has 1 aromatic rings. The topological polar surface area (TPSA) is 55.5 Å². The maximum atomic E-state index is 9.68. The number of benzene rings is 1. The highest BCUT2D eigenvalue weighted by atomic mass is 16.5. The van der Waals surface area contributed by atoms with E-state index >= 15 is 0 Å². The molecule has 0 heterocycles. The lowest BCUT2D eigenvalue weighted by atomic mass is 10.1. The Morgan fingerprint density at radius 3 is 2.88 bits per heavy atom. The summed E-state index contributed by atoms with van der Waals surface area (Å²) in [6, 6.07) is 7.81. The molecule has 0 amide bonds. The largest absolute Gasteiger partial charge is 0.488 e. The molecule has 3 unspecified atom stereocenters. The molecule has 0 saturated heterocycles. The van der Waals surface area contributed by atoms with Crippen LogP contribution >= 0.6 is 0 Å². The van der Waals surface area contributed by atoms with Crippen molar-refractivity contribution < 1.29 is 9.84 Å². The Balaban J connectivity index is 2.06. The number of hydrogen-bond donors (Lipinski definition) is 2. The fraction of sp³-hybridized carbons (Fsp3) is 0.538. The number of rotatable bonds is 3. The zero-order valence-corrected chi connectivity index (χ0v) is 9.60. The molecule has 1 fully saturated rings. The van der Waals surface area contributed by atoms with Crippen LogP contribution in [0.1, 0.15) is 37.8 Å². The van der Waals surface area contributed by atoms with Crippen molar-refractivity contribution in [1.82, 2.24) is 0 Å². The highest BCUT2D eigenvalue weighted by molar-refractivity contribution is 5.30. The zero-order valence-electron chi connectivity index (χ0n) is 9.60. The van der Waals surface area contributed by atoms with E-state index in [0.29, 0.717) is 0 Å². The Morgan fingerprint density at radius 2 is 2.25 bits per heavy atom. The Bertz CT molecular complexity index is 352. The molecule has 1 aliphatic rings. The molecule has 3 atom stereocenters. The van der Waals surface area contributed by atoms with Crippen LogP contribution in [-0.4, -0.2) is 17.3 Å². The number of ether oxygens (including phenoxy) is 1. The van der Waals surface area contributed by atoms with Crippen molar-refractivity contribution in [2.45, 2.75) is 44.4 Å². The summed E-state index contributed by atoms with van der Waals surface area (Å²) in [6.45, 7) is 1.95. The normalized spacial score (nSPS) is 26.7. The molecule has 88 valence electrons. The molecule has 1 aliphatic carbocycles. The number of nitrogens with two attached hydrogens (primary N) is 1. The zero-order chi connectivity index (χ0) is 11.5. The lowest BCUT2D eigenvalue weighted by molar-refractivity contribution is 0.0603. The first-order chi connectivity index (χ1) is 7.66. The molecule has 0 bridgehead atoms. The van der Waals surface area contributed by atoms with E-state index < -0.39 is 0 Å². The first kappa shape index (κ1) is 11.4. The highest BCUT2D eigenvalue weighted by Crippen LogP contribution is 2.26. The van der Waals surface area contributed by atoms with Crippen molar-refractivity contribution in [3.05, 3.63) is 29.8 Å². The summed E-state index contributed by atoms with van der Waals surface area (Å²) in [5.41, 5.74) is 6.87. The predicted molar refractivity (Wildman–Crippen MR) is 63.3 cm³/mol. The lowest BCUT2D eigenvalue weighted by Crippen LogP contribution is -2.25. The van der Waals surface area contributed by atoms with E-state index in [0.717, 1.165) is 30.6 Å². The van der Waals surface area contributed by atoms with Gasteiger partial charge in [0.2, 0.25) is 0 Å². The molecule has 16 heavy (non-hydrogen) atoms. The van der Waals surface area contributed by atoms with Crippen molar-refractivity contribution in [3.63, 3.8) is 0 Å². The van der Waals surface area contributed by atoms with Crippen molar-refractivity contribution in [3.8, 4) is 5.75 Å². The van der Waals surface area contributed by atoms with Crippen LogP contribution in [0.2, 0.25) is 0 Å². The van der Waals surface area contributed by atoms with Gasteiger partial charge in [-0.2, -0.15) is 0 Å². The van der Waals surface area contributed by atoms with Gasteiger partial charge in [0, 0.05) is 6.04 Å². The van der Waals surface area contributed by atoms with Crippen LogP contribution in [0.15, 0.2) is 24.3 Å². The van der Waals surface area contributed by atoms with Gasteiger partial charge in [-0.05, 0) is 43.9 Å². The van der Waals surface area contributed by atoms with Crippen molar-refractivity contribution in [2.24, 2.45) is 5.73 Å². The van der Waals surface area contributed by atoms with Crippen molar-refractivity contribution in [2.75, 3.05) is 0 Å². The summed E-state index contributed by atoms with van der Waals surface area (Å²) in [7, 11) is 0. The smallest absolute Gasteiger partial charge is 0.124 e. The number of aliphatic hydroxyl groups excluding tert-OH is 1. The van der Waals surface area contributed by atoms with Gasteiger partial charge in [-0.3, -0.25) is 0 Å². The quantitative estimate of drug-likeness (QED) is 0.820. The summed E-state index contributed by atoms with van der Waals surface area (Å²) in [4.78, 5) is 0. The van der Waals surface area contributed by atoms with E-state index in [9.17, 15) is 5.11 Å². The molecule has 0 radical (unpaired) electrons. The number of aliphatic hydroxyl groups is 1. The predicted octanol–water partition coefficient (Wildman–Crippen LogP) is 2.00. The molecule has 3 heteroatoms. The van der Waals surface area contributed by atoms with Crippen molar-refractivity contribution >= 4 is 0 Å². The van der Waals surface area contributed by atoms with E-state index in [1.807, 2.05) is 31.2 Å². The summed E-state index contributed by atoms with van der Waals surface area (Å²) in [5.74, 6) is 0.806. The van der Waals surface area contributed by atoms with Gasteiger partial charge in [-0.25, -0.2) is 0 Å². The van der Waals surface area contributed by atoms with Crippen LogP contribution in [-0.2, 0) is 0 Å². The molecular formula is C13H19NO2. The molecule has 0 aromatic heterocycles. The van der Waals surface area contributed by atoms with Crippen LogP contribution in [0.25, 0.3) is 0 Å². The van der Waals surface area contributed by atoms with E-state index in [1.54, 1.807) is 0 Å². The van der Waals surface area contributed by atoms with Gasteiger partial charge in [0.25, 0.3) is 0 Å². The van der Waals surface area contributed by atoms with Crippen LogP contribution in [0, 0.1) is 0 Å². The molecule has 0 spiro atoms.